The highest BCUT2D eigenvalue weighted by atomic mass is 16.8. The first-order valence-corrected chi connectivity index (χ1v) is 13.9. The normalized spacial score (nSPS) is 17.3. The fraction of sp³-hybridized carbons (Fsp3) is 0.419. The minimum absolute atomic E-state index is 0.296. The smallest absolute Gasteiger partial charge is 0.410 e. The third kappa shape index (κ3) is 6.48. The van der Waals surface area contributed by atoms with Crippen LogP contribution in [0.5, 0.6) is 0 Å². The third-order valence-corrected chi connectivity index (χ3v) is 7.07. The summed E-state index contributed by atoms with van der Waals surface area (Å²) in [4.78, 5) is 32.3. The molecule has 1 fully saturated rings. The molecule has 0 bridgehead atoms. The lowest BCUT2D eigenvalue weighted by Gasteiger charge is -2.26. The first-order chi connectivity index (χ1) is 19.2. The van der Waals surface area contributed by atoms with Crippen molar-refractivity contribution in [3.63, 3.8) is 0 Å². The minimum atomic E-state index is -0.535. The monoisotopic (exact) mass is 546 g/mol. The number of nitrogens with zero attached hydrogens (tertiary/aromatic N) is 2. The molecule has 212 valence electrons. The van der Waals surface area contributed by atoms with Crippen LogP contribution >= 0.6 is 0 Å². The summed E-state index contributed by atoms with van der Waals surface area (Å²) in [6, 6.07) is 13.6. The van der Waals surface area contributed by atoms with Gasteiger partial charge in [0.2, 0.25) is 0 Å². The minimum Gasteiger partial charge on any atom is -0.444 e. The van der Waals surface area contributed by atoms with Gasteiger partial charge < -0.3 is 24.3 Å². The van der Waals surface area contributed by atoms with Crippen LogP contribution in [0.2, 0.25) is 0 Å². The molecule has 0 spiro atoms. The van der Waals surface area contributed by atoms with Crippen molar-refractivity contribution in [3.05, 3.63) is 77.5 Å². The molecule has 3 heterocycles. The van der Waals surface area contributed by atoms with Crippen molar-refractivity contribution in [1.82, 2.24) is 20.3 Å². The fourth-order valence-corrected chi connectivity index (χ4v) is 5.04. The summed E-state index contributed by atoms with van der Waals surface area (Å²) < 4.78 is 13.3. The van der Waals surface area contributed by atoms with Crippen LogP contribution in [0.3, 0.4) is 0 Å². The van der Waals surface area contributed by atoms with Crippen molar-refractivity contribution >= 4 is 28.6 Å². The number of aromatic nitrogens is 1. The Morgan fingerprint density at radius 1 is 1.10 bits per heavy atom. The van der Waals surface area contributed by atoms with Crippen molar-refractivity contribution < 1.29 is 23.9 Å². The Morgan fingerprint density at radius 3 is 2.62 bits per heavy atom. The number of ether oxygens (including phenoxy) is 2. The molecule has 0 aliphatic carbocycles. The van der Waals surface area contributed by atoms with Gasteiger partial charge in [0.15, 0.2) is 6.29 Å². The van der Waals surface area contributed by atoms with E-state index in [0.717, 1.165) is 52.6 Å². The second-order valence-electron chi connectivity index (χ2n) is 11.3. The number of nitrogens with one attached hydrogen (secondary N) is 2. The van der Waals surface area contributed by atoms with E-state index in [1.165, 1.54) is 0 Å². The summed E-state index contributed by atoms with van der Waals surface area (Å²) in [6.45, 7) is 12.9. The predicted octanol–water partition coefficient (Wildman–Crippen LogP) is 5.34. The van der Waals surface area contributed by atoms with Crippen LogP contribution in [0.4, 0.5) is 4.79 Å². The zero-order chi connectivity index (χ0) is 28.3. The molecule has 0 saturated carbocycles. The van der Waals surface area contributed by atoms with Gasteiger partial charge in [0.1, 0.15) is 5.60 Å². The molecule has 2 aliphatic rings. The number of carbonyl (C=O) groups is 2. The zero-order valence-electron chi connectivity index (χ0n) is 23.5. The molecule has 2 amide bonds. The van der Waals surface area contributed by atoms with Crippen molar-refractivity contribution in [2.45, 2.75) is 71.6 Å². The Labute approximate surface area is 235 Å². The van der Waals surface area contributed by atoms with Gasteiger partial charge in [-0.2, -0.15) is 0 Å². The van der Waals surface area contributed by atoms with Gasteiger partial charge in [0, 0.05) is 61.1 Å². The largest absolute Gasteiger partial charge is 0.444 e. The summed E-state index contributed by atoms with van der Waals surface area (Å²) >= 11 is 0. The molecule has 9 heteroatoms. The van der Waals surface area contributed by atoms with Gasteiger partial charge in [-0.3, -0.25) is 4.79 Å². The molecule has 1 aromatic heterocycles. The van der Waals surface area contributed by atoms with E-state index >= 15 is 0 Å². The average Bonchev–Trinajstić information content (AvgIpc) is 3.21. The van der Waals surface area contributed by atoms with Crippen LogP contribution < -0.4 is 10.8 Å². The number of hydrogen-bond acceptors (Lipinski definition) is 6. The van der Waals surface area contributed by atoms with Gasteiger partial charge in [-0.15, -0.1) is 0 Å². The molecule has 1 saturated heterocycles. The number of carbonyl (C=O) groups excluding carboxylic acids is 2. The Kier molecular flexibility index (Phi) is 8.14. The summed E-state index contributed by atoms with van der Waals surface area (Å²) in [5, 5.41) is 4.53. The van der Waals surface area contributed by atoms with Gasteiger partial charge in [-0.25, -0.2) is 15.1 Å². The van der Waals surface area contributed by atoms with Crippen LogP contribution in [0, 0.1) is 0 Å². The van der Waals surface area contributed by atoms with E-state index in [1.54, 1.807) is 17.0 Å². The standard InChI is InChI=1S/C31H38N4O5/c1-21(32-18-22-11-13-23(14-12-22)29(36)33-40-27-10-5-6-17-38-27)26-20-34-15-16-35(30(37)39-31(2,3)4)19-24-8-7-9-25(26)28(24)34/h7-9,11-14,20,27,32H,1,5-6,10,15-19H2,2-4H3,(H,33,36). The van der Waals surface area contributed by atoms with Crippen LogP contribution in [-0.2, 0) is 33.9 Å². The van der Waals surface area contributed by atoms with Crippen molar-refractivity contribution in [2.75, 3.05) is 13.2 Å². The molecule has 9 nitrogen and oxygen atoms in total. The summed E-state index contributed by atoms with van der Waals surface area (Å²) in [5.41, 5.74) is 7.53. The van der Waals surface area contributed by atoms with E-state index in [4.69, 9.17) is 14.3 Å². The van der Waals surface area contributed by atoms with Crippen LogP contribution in [-0.4, -0.2) is 46.5 Å². The lowest BCUT2D eigenvalue weighted by Crippen LogP contribution is -2.37. The second kappa shape index (κ2) is 11.7. The number of rotatable bonds is 7. The summed E-state index contributed by atoms with van der Waals surface area (Å²) in [6.07, 6.45) is 4.25. The van der Waals surface area contributed by atoms with Crippen molar-refractivity contribution in [2.24, 2.45) is 0 Å². The quantitative estimate of drug-likeness (QED) is 0.389. The maximum Gasteiger partial charge on any atom is 0.410 e. The zero-order valence-corrected chi connectivity index (χ0v) is 23.5. The number of benzene rings is 2. The molecule has 2 aromatic carbocycles. The van der Waals surface area contributed by atoms with E-state index < -0.39 is 5.60 Å². The molecule has 2 N–H and O–H groups in total. The molecule has 1 unspecified atom stereocenters. The Morgan fingerprint density at radius 2 is 1.90 bits per heavy atom. The number of hydrogen-bond donors (Lipinski definition) is 2. The molecular formula is C31H38N4O5. The Balaban J connectivity index is 1.21. The first-order valence-electron chi connectivity index (χ1n) is 13.9. The lowest BCUT2D eigenvalue weighted by molar-refractivity contribution is -0.186. The van der Waals surface area contributed by atoms with Crippen molar-refractivity contribution in [1.29, 1.82) is 0 Å². The van der Waals surface area contributed by atoms with E-state index in [9.17, 15) is 9.59 Å². The topological polar surface area (TPSA) is 94.1 Å². The molecular weight excluding hydrogens is 508 g/mol. The Hall–Kier alpha value is -3.82. The highest BCUT2D eigenvalue weighted by Crippen LogP contribution is 2.31. The van der Waals surface area contributed by atoms with Crippen LogP contribution in [0.1, 0.15) is 67.1 Å². The average molecular weight is 547 g/mol. The van der Waals surface area contributed by atoms with Gasteiger partial charge in [-0.05, 0) is 56.9 Å². The van der Waals surface area contributed by atoms with E-state index in [1.807, 2.05) is 39.0 Å². The van der Waals surface area contributed by atoms with Crippen LogP contribution in [0.15, 0.2) is 55.2 Å². The van der Waals surface area contributed by atoms with Gasteiger partial charge >= 0.3 is 6.09 Å². The molecule has 2 aliphatic heterocycles. The van der Waals surface area contributed by atoms with Gasteiger partial charge in [0.25, 0.3) is 5.91 Å². The number of para-hydroxylation sites is 1. The summed E-state index contributed by atoms with van der Waals surface area (Å²) in [7, 11) is 0. The van der Waals surface area contributed by atoms with Gasteiger partial charge in [0.05, 0.1) is 12.1 Å². The molecule has 1 atom stereocenters. The Bertz CT molecular complexity index is 1380. The molecule has 40 heavy (non-hydrogen) atoms. The molecule has 5 rings (SSSR count). The van der Waals surface area contributed by atoms with E-state index in [0.29, 0.717) is 38.3 Å². The van der Waals surface area contributed by atoms with Crippen molar-refractivity contribution in [3.8, 4) is 0 Å². The highest BCUT2D eigenvalue weighted by molar-refractivity contribution is 5.95. The fourth-order valence-electron chi connectivity index (χ4n) is 5.04. The number of amides is 2. The SMILES string of the molecule is C=C(NCc1ccc(C(=O)NOC2CCCCO2)cc1)c1cn2c3c(cccc13)CN(C(=O)OC(C)(C)C)CC2. The van der Waals surface area contributed by atoms with Gasteiger partial charge in [-0.1, -0.05) is 36.9 Å². The second-order valence-corrected chi connectivity index (χ2v) is 11.3. The first kappa shape index (κ1) is 27.7. The van der Waals surface area contributed by atoms with E-state index in [2.05, 4.69) is 40.3 Å². The van der Waals surface area contributed by atoms with Crippen LogP contribution in [0.25, 0.3) is 16.6 Å². The maximum atomic E-state index is 12.7. The summed E-state index contributed by atoms with van der Waals surface area (Å²) in [5.74, 6) is -0.298. The third-order valence-electron chi connectivity index (χ3n) is 7.07. The maximum absolute atomic E-state index is 12.7. The molecule has 3 aromatic rings. The molecule has 0 radical (unpaired) electrons. The predicted molar refractivity (Wildman–Crippen MR) is 153 cm³/mol. The van der Waals surface area contributed by atoms with E-state index in [-0.39, 0.29) is 18.3 Å². The highest BCUT2D eigenvalue weighted by Gasteiger charge is 2.26. The lowest BCUT2D eigenvalue weighted by atomic mass is 10.1. The number of hydroxylamine groups is 1.